The van der Waals surface area contributed by atoms with Crippen LogP contribution >= 0.6 is 0 Å². The Morgan fingerprint density at radius 2 is 1.68 bits per heavy atom. The van der Waals surface area contributed by atoms with E-state index in [2.05, 4.69) is 4.74 Å². The van der Waals surface area contributed by atoms with E-state index in [9.17, 15) is 26.3 Å². The molecule has 105 valence electrons. The van der Waals surface area contributed by atoms with Gasteiger partial charge in [0.05, 0.1) is 6.61 Å². The highest BCUT2D eigenvalue weighted by atomic mass is 19.4. The summed E-state index contributed by atoms with van der Waals surface area (Å²) in [4.78, 5) is 0. The van der Waals surface area contributed by atoms with Crippen LogP contribution in [0.4, 0.5) is 26.3 Å². The Hall–Kier alpha value is -1.22. The second-order valence-electron chi connectivity index (χ2n) is 3.65. The summed E-state index contributed by atoms with van der Waals surface area (Å²) >= 11 is 0. The standard InChI is InChI=1S/C10H8BF6O2/c12-9(13,14)8(10(15,16)17)19-5-6-2-1-3-7(4-6)11-18/h1-4,8,18H,5H2. The van der Waals surface area contributed by atoms with Crippen LogP contribution in [-0.2, 0) is 11.3 Å². The summed E-state index contributed by atoms with van der Waals surface area (Å²) in [5.41, 5.74) is 0.331. The van der Waals surface area contributed by atoms with E-state index in [-0.39, 0.29) is 11.0 Å². The van der Waals surface area contributed by atoms with Crippen molar-refractivity contribution in [2.45, 2.75) is 25.1 Å². The lowest BCUT2D eigenvalue weighted by Crippen LogP contribution is -2.44. The minimum absolute atomic E-state index is 0.0845. The van der Waals surface area contributed by atoms with Crippen molar-refractivity contribution >= 4 is 12.9 Å². The van der Waals surface area contributed by atoms with Crippen molar-refractivity contribution in [1.29, 1.82) is 0 Å². The molecule has 0 saturated heterocycles. The van der Waals surface area contributed by atoms with E-state index in [0.29, 0.717) is 7.48 Å². The van der Waals surface area contributed by atoms with Crippen molar-refractivity contribution in [3.8, 4) is 0 Å². The van der Waals surface area contributed by atoms with Gasteiger partial charge in [-0.2, -0.15) is 26.3 Å². The van der Waals surface area contributed by atoms with Gasteiger partial charge in [-0.15, -0.1) is 0 Å². The lowest BCUT2D eigenvalue weighted by atomic mass is 9.88. The van der Waals surface area contributed by atoms with Gasteiger partial charge >= 0.3 is 19.8 Å². The molecule has 19 heavy (non-hydrogen) atoms. The van der Waals surface area contributed by atoms with E-state index >= 15 is 0 Å². The van der Waals surface area contributed by atoms with Crippen molar-refractivity contribution in [2.75, 3.05) is 0 Å². The highest BCUT2D eigenvalue weighted by Gasteiger charge is 2.57. The predicted octanol–water partition coefficient (Wildman–Crippen LogP) is 1.93. The van der Waals surface area contributed by atoms with Crippen molar-refractivity contribution < 1.29 is 36.1 Å². The average molecular weight is 285 g/mol. The molecule has 1 rings (SSSR count). The highest BCUT2D eigenvalue weighted by molar-refractivity contribution is 6.45. The van der Waals surface area contributed by atoms with E-state index < -0.39 is 25.1 Å². The normalized spacial score (nSPS) is 12.8. The highest BCUT2D eigenvalue weighted by Crippen LogP contribution is 2.36. The summed E-state index contributed by atoms with van der Waals surface area (Å²) in [5, 5.41) is 8.67. The van der Waals surface area contributed by atoms with Gasteiger partial charge in [0.1, 0.15) is 0 Å². The van der Waals surface area contributed by atoms with Crippen LogP contribution in [0.5, 0.6) is 0 Å². The molecule has 0 bridgehead atoms. The second kappa shape index (κ2) is 5.83. The maximum Gasteiger partial charge on any atom is 0.423 e. The van der Waals surface area contributed by atoms with Gasteiger partial charge in [0.2, 0.25) is 6.10 Å². The molecular weight excluding hydrogens is 277 g/mol. The quantitative estimate of drug-likeness (QED) is 0.676. The zero-order valence-electron chi connectivity index (χ0n) is 9.29. The van der Waals surface area contributed by atoms with Gasteiger partial charge in [0, 0.05) is 0 Å². The van der Waals surface area contributed by atoms with Crippen LogP contribution < -0.4 is 5.46 Å². The molecule has 0 fully saturated rings. The second-order valence-corrected chi connectivity index (χ2v) is 3.65. The molecule has 1 radical (unpaired) electrons. The lowest BCUT2D eigenvalue weighted by Gasteiger charge is -2.23. The van der Waals surface area contributed by atoms with Gasteiger partial charge in [0.25, 0.3) is 0 Å². The third-order valence-electron chi connectivity index (χ3n) is 2.11. The zero-order valence-corrected chi connectivity index (χ0v) is 9.29. The molecule has 0 amide bonds. The third kappa shape index (κ3) is 4.75. The van der Waals surface area contributed by atoms with Crippen molar-refractivity contribution in [1.82, 2.24) is 0 Å². The van der Waals surface area contributed by atoms with E-state index in [1.54, 1.807) is 0 Å². The first-order valence-corrected chi connectivity index (χ1v) is 4.96. The Morgan fingerprint density at radius 1 is 1.11 bits per heavy atom. The smallest absolute Gasteiger partial charge is 0.423 e. The minimum atomic E-state index is -5.53. The molecule has 0 atom stereocenters. The molecule has 1 aromatic carbocycles. The zero-order chi connectivity index (χ0) is 14.7. The maximum absolute atomic E-state index is 12.2. The molecule has 0 saturated carbocycles. The maximum atomic E-state index is 12.2. The molecule has 0 unspecified atom stereocenters. The third-order valence-corrected chi connectivity index (χ3v) is 2.11. The van der Waals surface area contributed by atoms with E-state index in [4.69, 9.17) is 5.02 Å². The van der Waals surface area contributed by atoms with Crippen LogP contribution in [0, 0.1) is 0 Å². The number of halogens is 6. The first kappa shape index (κ1) is 15.8. The Bertz CT molecular complexity index is 403. The van der Waals surface area contributed by atoms with Crippen LogP contribution in [0.15, 0.2) is 24.3 Å². The number of hydrogen-bond acceptors (Lipinski definition) is 2. The topological polar surface area (TPSA) is 29.5 Å². The Labute approximate surface area is 105 Å². The largest absolute Gasteiger partial charge is 0.450 e. The lowest BCUT2D eigenvalue weighted by molar-refractivity contribution is -0.324. The average Bonchev–Trinajstić information content (AvgIpc) is 2.26. The Kier molecular flexibility index (Phi) is 4.86. The molecule has 1 N–H and O–H groups in total. The number of alkyl halides is 6. The summed E-state index contributed by atoms with van der Waals surface area (Å²) in [5.74, 6) is 0. The van der Waals surface area contributed by atoms with Gasteiger partial charge in [-0.1, -0.05) is 29.7 Å². The van der Waals surface area contributed by atoms with Crippen LogP contribution in [0.1, 0.15) is 5.56 Å². The first-order valence-electron chi connectivity index (χ1n) is 4.96. The van der Waals surface area contributed by atoms with Gasteiger partial charge in [-0.25, -0.2) is 0 Å². The molecule has 1 aromatic rings. The summed E-state index contributed by atoms with van der Waals surface area (Å²) in [7, 11) is 0.675. The number of benzene rings is 1. The molecule has 0 aromatic heterocycles. The van der Waals surface area contributed by atoms with Crippen molar-refractivity contribution in [3.05, 3.63) is 29.8 Å². The summed E-state index contributed by atoms with van der Waals surface area (Å²) in [6, 6.07) is 5.30. The summed E-state index contributed by atoms with van der Waals surface area (Å²) in [6.45, 7) is -0.870. The van der Waals surface area contributed by atoms with Gasteiger partial charge < -0.3 is 9.76 Å². The predicted molar refractivity (Wildman–Crippen MR) is 54.7 cm³/mol. The summed E-state index contributed by atoms with van der Waals surface area (Å²) in [6.07, 6.45) is -14.9. The van der Waals surface area contributed by atoms with E-state index in [0.717, 1.165) is 0 Å². The van der Waals surface area contributed by atoms with Crippen LogP contribution in [0.2, 0.25) is 0 Å². The van der Waals surface area contributed by atoms with E-state index in [1.807, 2.05) is 0 Å². The van der Waals surface area contributed by atoms with Crippen molar-refractivity contribution in [3.63, 3.8) is 0 Å². The monoisotopic (exact) mass is 285 g/mol. The molecule has 0 spiro atoms. The fourth-order valence-corrected chi connectivity index (χ4v) is 1.32. The molecule has 0 heterocycles. The molecule has 0 aliphatic rings. The molecule has 9 heteroatoms. The van der Waals surface area contributed by atoms with Gasteiger partial charge in [-0.05, 0) is 5.56 Å². The van der Waals surface area contributed by atoms with Gasteiger partial charge in [0.15, 0.2) is 0 Å². The fraction of sp³-hybridized carbons (Fsp3) is 0.400. The van der Waals surface area contributed by atoms with Crippen LogP contribution in [-0.4, -0.2) is 31.0 Å². The SMILES string of the molecule is O[B]c1cccc(COC(C(F)(F)F)C(F)(F)F)c1. The van der Waals surface area contributed by atoms with E-state index in [1.165, 1.54) is 24.3 Å². The fourth-order valence-electron chi connectivity index (χ4n) is 1.32. The Balaban J connectivity index is 2.77. The minimum Gasteiger partial charge on any atom is -0.450 e. The number of hydrogen-bond donors (Lipinski definition) is 1. The number of rotatable bonds is 4. The van der Waals surface area contributed by atoms with Crippen molar-refractivity contribution in [2.24, 2.45) is 0 Å². The van der Waals surface area contributed by atoms with Crippen LogP contribution in [0.3, 0.4) is 0 Å². The molecule has 0 aliphatic heterocycles. The first-order chi connectivity index (χ1) is 8.64. The van der Waals surface area contributed by atoms with Crippen LogP contribution in [0.25, 0.3) is 0 Å². The molecular formula is C10H8BF6O2. The molecule has 2 nitrogen and oxygen atoms in total. The summed E-state index contributed by atoms with van der Waals surface area (Å²) < 4.78 is 76.9. The molecule has 0 aliphatic carbocycles. The Morgan fingerprint density at radius 3 is 2.16 bits per heavy atom. The van der Waals surface area contributed by atoms with Gasteiger partial charge in [-0.3, -0.25) is 0 Å². The number of ether oxygens (including phenoxy) is 1.